The summed E-state index contributed by atoms with van der Waals surface area (Å²) in [6, 6.07) is 6.59. The number of benzene rings is 1. The van der Waals surface area contributed by atoms with Gasteiger partial charge in [0.05, 0.1) is 25.1 Å². The molecule has 2 fully saturated rings. The number of ether oxygens (including phenoxy) is 1. The molecule has 0 bridgehead atoms. The maximum Gasteiger partial charge on any atom is 0.243 e. The standard InChI is InChI=1S/C19H24FN5O/c20-16-6-2-1-5-15(16)17-13-22-24-18(23-17)21-14-19(7-3-4-8-19)25-9-11-26-12-10-25/h1-2,5-6,13H,3-4,7-12,14H2,(H,21,23,24). The molecule has 7 heteroatoms. The largest absolute Gasteiger partial charge is 0.379 e. The predicted molar refractivity (Wildman–Crippen MR) is 97.3 cm³/mol. The van der Waals surface area contributed by atoms with Crippen LogP contribution < -0.4 is 5.32 Å². The Balaban J connectivity index is 1.50. The lowest BCUT2D eigenvalue weighted by Crippen LogP contribution is -2.55. The third kappa shape index (κ3) is 3.54. The number of halogens is 1. The van der Waals surface area contributed by atoms with Gasteiger partial charge in [0.1, 0.15) is 5.82 Å². The monoisotopic (exact) mass is 357 g/mol. The van der Waals surface area contributed by atoms with Crippen molar-refractivity contribution >= 4 is 5.95 Å². The van der Waals surface area contributed by atoms with Crippen molar-refractivity contribution in [1.29, 1.82) is 0 Å². The van der Waals surface area contributed by atoms with E-state index in [4.69, 9.17) is 4.74 Å². The van der Waals surface area contributed by atoms with Gasteiger partial charge in [-0.3, -0.25) is 4.90 Å². The lowest BCUT2D eigenvalue weighted by Gasteiger charge is -2.43. The first-order valence-corrected chi connectivity index (χ1v) is 9.28. The quantitative estimate of drug-likeness (QED) is 0.888. The van der Waals surface area contributed by atoms with Crippen molar-refractivity contribution in [1.82, 2.24) is 20.1 Å². The number of aromatic nitrogens is 3. The molecule has 6 nitrogen and oxygen atoms in total. The summed E-state index contributed by atoms with van der Waals surface area (Å²) in [5, 5.41) is 11.5. The Hall–Kier alpha value is -2.12. The molecule has 0 unspecified atom stereocenters. The fourth-order valence-electron chi connectivity index (χ4n) is 4.10. The van der Waals surface area contributed by atoms with Crippen LogP contribution in [0.15, 0.2) is 30.5 Å². The van der Waals surface area contributed by atoms with Crippen LogP contribution >= 0.6 is 0 Å². The Morgan fingerprint density at radius 2 is 1.92 bits per heavy atom. The zero-order chi connectivity index (χ0) is 17.8. The Bertz CT molecular complexity index is 744. The Morgan fingerprint density at radius 1 is 1.15 bits per heavy atom. The topological polar surface area (TPSA) is 63.2 Å². The molecule has 2 aromatic rings. The van der Waals surface area contributed by atoms with Crippen molar-refractivity contribution in [3.63, 3.8) is 0 Å². The molecule has 1 saturated carbocycles. The van der Waals surface area contributed by atoms with E-state index in [1.165, 1.54) is 37.9 Å². The van der Waals surface area contributed by atoms with Crippen molar-refractivity contribution < 1.29 is 9.13 Å². The summed E-state index contributed by atoms with van der Waals surface area (Å²) in [6.07, 6.45) is 6.32. The molecule has 0 spiro atoms. The molecule has 1 N–H and O–H groups in total. The lowest BCUT2D eigenvalue weighted by atomic mass is 9.94. The highest BCUT2D eigenvalue weighted by molar-refractivity contribution is 5.59. The smallest absolute Gasteiger partial charge is 0.243 e. The Labute approximate surface area is 152 Å². The van der Waals surface area contributed by atoms with Gasteiger partial charge in [0.15, 0.2) is 0 Å². The average molecular weight is 357 g/mol. The van der Waals surface area contributed by atoms with Crippen LogP contribution in [0.1, 0.15) is 25.7 Å². The van der Waals surface area contributed by atoms with Gasteiger partial charge in [-0.05, 0) is 25.0 Å². The zero-order valence-corrected chi connectivity index (χ0v) is 14.8. The van der Waals surface area contributed by atoms with E-state index in [2.05, 4.69) is 25.4 Å². The number of morpholine rings is 1. The van der Waals surface area contributed by atoms with Gasteiger partial charge < -0.3 is 10.1 Å². The summed E-state index contributed by atoms with van der Waals surface area (Å²) in [5.41, 5.74) is 1.06. The van der Waals surface area contributed by atoms with Gasteiger partial charge in [-0.25, -0.2) is 9.37 Å². The molecule has 4 rings (SSSR count). The van der Waals surface area contributed by atoms with E-state index in [1.807, 2.05) is 0 Å². The number of hydrogen-bond acceptors (Lipinski definition) is 6. The van der Waals surface area contributed by atoms with Crippen molar-refractivity contribution in [2.24, 2.45) is 0 Å². The van der Waals surface area contributed by atoms with E-state index in [1.54, 1.807) is 18.2 Å². The van der Waals surface area contributed by atoms with E-state index in [0.29, 0.717) is 17.2 Å². The fraction of sp³-hybridized carbons (Fsp3) is 0.526. The molecule has 2 aliphatic rings. The number of nitrogens with one attached hydrogen (secondary N) is 1. The van der Waals surface area contributed by atoms with E-state index >= 15 is 0 Å². The van der Waals surface area contributed by atoms with Crippen LogP contribution in [0, 0.1) is 5.82 Å². The van der Waals surface area contributed by atoms with Crippen LogP contribution in [0.3, 0.4) is 0 Å². The first kappa shape index (κ1) is 17.3. The Kier molecular flexibility index (Phi) is 5.08. The van der Waals surface area contributed by atoms with E-state index in [0.717, 1.165) is 32.8 Å². The van der Waals surface area contributed by atoms with Gasteiger partial charge in [-0.2, -0.15) is 5.10 Å². The van der Waals surface area contributed by atoms with Crippen LogP contribution in [0.4, 0.5) is 10.3 Å². The van der Waals surface area contributed by atoms with Gasteiger partial charge in [0.25, 0.3) is 0 Å². The van der Waals surface area contributed by atoms with Gasteiger partial charge in [0.2, 0.25) is 5.95 Å². The minimum Gasteiger partial charge on any atom is -0.379 e. The minimum atomic E-state index is -0.306. The zero-order valence-electron chi connectivity index (χ0n) is 14.8. The molecule has 1 aliphatic carbocycles. The maximum atomic E-state index is 14.0. The number of rotatable bonds is 5. The average Bonchev–Trinajstić information content (AvgIpc) is 3.18. The van der Waals surface area contributed by atoms with Crippen molar-refractivity contribution in [3.8, 4) is 11.3 Å². The second-order valence-corrected chi connectivity index (χ2v) is 7.03. The van der Waals surface area contributed by atoms with Crippen molar-refractivity contribution in [2.45, 2.75) is 31.2 Å². The molecule has 0 atom stereocenters. The third-order valence-electron chi connectivity index (χ3n) is 5.50. The summed E-state index contributed by atoms with van der Waals surface area (Å²) >= 11 is 0. The normalized spacial score (nSPS) is 20.2. The summed E-state index contributed by atoms with van der Waals surface area (Å²) in [5.74, 6) is 0.143. The first-order valence-electron chi connectivity index (χ1n) is 9.28. The minimum absolute atomic E-state index is 0.126. The second kappa shape index (κ2) is 7.63. The van der Waals surface area contributed by atoms with Crippen LogP contribution in [0.25, 0.3) is 11.3 Å². The lowest BCUT2D eigenvalue weighted by molar-refractivity contribution is -0.0160. The van der Waals surface area contributed by atoms with Crippen LogP contribution in [-0.2, 0) is 4.74 Å². The third-order valence-corrected chi connectivity index (χ3v) is 5.50. The highest BCUT2D eigenvalue weighted by Gasteiger charge is 2.40. The SMILES string of the molecule is Fc1ccccc1-c1cnnc(NCC2(N3CCOCC3)CCCC2)n1. The van der Waals surface area contributed by atoms with Crippen LogP contribution in [0.2, 0.25) is 0 Å². The Morgan fingerprint density at radius 3 is 2.69 bits per heavy atom. The highest BCUT2D eigenvalue weighted by Crippen LogP contribution is 2.36. The van der Waals surface area contributed by atoms with Crippen molar-refractivity contribution in [3.05, 3.63) is 36.3 Å². The summed E-state index contributed by atoms with van der Waals surface area (Å²) in [7, 11) is 0. The molecule has 138 valence electrons. The molecule has 0 amide bonds. The van der Waals surface area contributed by atoms with Gasteiger partial charge in [-0.15, -0.1) is 5.10 Å². The summed E-state index contributed by atoms with van der Waals surface area (Å²) in [6.45, 7) is 4.30. The van der Waals surface area contributed by atoms with Crippen LogP contribution in [0.5, 0.6) is 0 Å². The predicted octanol–water partition coefficient (Wildman–Crippen LogP) is 2.73. The molecule has 26 heavy (non-hydrogen) atoms. The number of nitrogens with zero attached hydrogens (tertiary/aromatic N) is 4. The van der Waals surface area contributed by atoms with Crippen LogP contribution in [-0.4, -0.2) is 58.5 Å². The molecule has 1 saturated heterocycles. The van der Waals surface area contributed by atoms with Crippen molar-refractivity contribution in [2.75, 3.05) is 38.2 Å². The van der Waals surface area contributed by atoms with Gasteiger partial charge in [0, 0.05) is 30.7 Å². The van der Waals surface area contributed by atoms with Gasteiger partial charge in [-0.1, -0.05) is 25.0 Å². The van der Waals surface area contributed by atoms with E-state index < -0.39 is 0 Å². The second-order valence-electron chi connectivity index (χ2n) is 7.03. The molecule has 1 aromatic heterocycles. The fourth-order valence-corrected chi connectivity index (χ4v) is 4.10. The first-order chi connectivity index (χ1) is 12.8. The summed E-state index contributed by atoms with van der Waals surface area (Å²) in [4.78, 5) is 7.02. The molecule has 1 aliphatic heterocycles. The van der Waals surface area contributed by atoms with Gasteiger partial charge >= 0.3 is 0 Å². The molecule has 1 aromatic carbocycles. The molecule has 2 heterocycles. The molecular formula is C19H24FN5O. The number of anilines is 1. The summed E-state index contributed by atoms with van der Waals surface area (Å²) < 4.78 is 19.5. The molecular weight excluding hydrogens is 333 g/mol. The molecule has 0 radical (unpaired) electrons. The maximum absolute atomic E-state index is 14.0. The van der Waals surface area contributed by atoms with E-state index in [-0.39, 0.29) is 11.4 Å². The highest BCUT2D eigenvalue weighted by atomic mass is 19.1. The van der Waals surface area contributed by atoms with E-state index in [9.17, 15) is 4.39 Å². The number of hydrogen-bond donors (Lipinski definition) is 1.